The molecule has 0 N–H and O–H groups in total. The fraction of sp³-hybridized carbons (Fsp3) is 0.444. The topological polar surface area (TPSA) is 12.4 Å². The van der Waals surface area contributed by atoms with Crippen molar-refractivity contribution in [1.29, 1.82) is 0 Å². The number of alkyl halides is 2. The minimum Gasteiger partial charge on any atom is -0.263 e. The highest BCUT2D eigenvalue weighted by atomic mass is 19.3. The summed E-state index contributed by atoms with van der Waals surface area (Å²) in [5.41, 5.74) is 0.194. The van der Waals surface area contributed by atoms with E-state index < -0.39 is 6.43 Å². The summed E-state index contributed by atoms with van der Waals surface area (Å²) in [7, 11) is 0. The van der Waals surface area contributed by atoms with Gasteiger partial charge in [-0.15, -0.1) is 0 Å². The van der Waals surface area contributed by atoms with Gasteiger partial charge in [0, 0.05) is 0 Å². The summed E-state index contributed by atoms with van der Waals surface area (Å²) in [6.45, 7) is 10.2. The Morgan fingerprint density at radius 3 is 2.00 bits per heavy atom. The summed E-state index contributed by atoms with van der Waals surface area (Å²) in [6.07, 6.45) is -1.17. The van der Waals surface area contributed by atoms with Crippen LogP contribution in [0, 0.1) is 5.92 Å². The Morgan fingerprint density at radius 2 is 1.92 bits per heavy atom. The first-order valence-electron chi connectivity index (χ1n) is 3.66. The first-order chi connectivity index (χ1) is 5.54. The molecule has 0 unspecified atom stereocenters. The molecular weight excluding hydrogens is 160 g/mol. The van der Waals surface area contributed by atoms with E-state index in [9.17, 15) is 8.78 Å². The number of allylic oxidation sites excluding steroid dienone is 3. The molecule has 3 heteroatoms. The van der Waals surface area contributed by atoms with Crippen molar-refractivity contribution in [1.82, 2.24) is 0 Å². The smallest absolute Gasteiger partial charge is 0.263 e. The maximum Gasteiger partial charge on any atom is 0.280 e. The Balaban J connectivity index is 5.00. The molecule has 0 aliphatic carbocycles. The van der Waals surface area contributed by atoms with Gasteiger partial charge in [0.2, 0.25) is 0 Å². The Kier molecular flexibility index (Phi) is 4.40. The normalized spacial score (nSPS) is 13.2. The molecule has 1 nitrogen and oxygen atoms in total. The maximum atomic E-state index is 12.3. The number of hydrogen-bond donors (Lipinski definition) is 0. The Labute approximate surface area is 71.5 Å². The lowest BCUT2D eigenvalue weighted by Crippen LogP contribution is -2.02. The number of aliphatic imine (C=N–C) groups is 1. The van der Waals surface area contributed by atoms with Gasteiger partial charge < -0.3 is 0 Å². The second-order valence-electron chi connectivity index (χ2n) is 2.66. The molecule has 12 heavy (non-hydrogen) atoms. The predicted octanol–water partition coefficient (Wildman–Crippen LogP) is 3.05. The molecule has 0 aromatic rings. The van der Waals surface area contributed by atoms with Crippen molar-refractivity contribution in [2.75, 3.05) is 0 Å². The van der Waals surface area contributed by atoms with Crippen LogP contribution in [-0.2, 0) is 0 Å². The summed E-state index contributed by atoms with van der Waals surface area (Å²) in [4.78, 5) is 3.29. The molecule has 0 amide bonds. The van der Waals surface area contributed by atoms with Crippen molar-refractivity contribution in [2.24, 2.45) is 10.9 Å². The van der Waals surface area contributed by atoms with Gasteiger partial charge in [0.15, 0.2) is 0 Å². The number of rotatable bonds is 4. The first kappa shape index (κ1) is 11.0. The molecule has 0 saturated carbocycles. The van der Waals surface area contributed by atoms with Crippen LogP contribution in [0.5, 0.6) is 0 Å². The molecule has 0 aromatic heterocycles. The summed E-state index contributed by atoms with van der Waals surface area (Å²) in [5.74, 6) is -0.00278. The van der Waals surface area contributed by atoms with Gasteiger partial charge in [0.25, 0.3) is 6.43 Å². The third kappa shape index (κ3) is 2.57. The average molecular weight is 173 g/mol. The van der Waals surface area contributed by atoms with E-state index in [1.165, 1.54) is 6.08 Å². The van der Waals surface area contributed by atoms with Gasteiger partial charge >= 0.3 is 0 Å². The summed E-state index contributed by atoms with van der Waals surface area (Å²) >= 11 is 0. The molecule has 0 saturated heterocycles. The lowest BCUT2D eigenvalue weighted by Gasteiger charge is -2.10. The zero-order valence-electron chi connectivity index (χ0n) is 7.35. The van der Waals surface area contributed by atoms with E-state index in [1.54, 1.807) is 0 Å². The minimum atomic E-state index is -2.57. The molecule has 0 aliphatic heterocycles. The molecular formula is C9H13F2N. The van der Waals surface area contributed by atoms with E-state index in [0.29, 0.717) is 5.57 Å². The standard InChI is InChI=1S/C9H13F2N/c1-5-7(6(2)3)8(12-4)9(10)11/h5-6,9H,1,4H2,2-3H3/b8-7+. The Hall–Kier alpha value is -0.990. The highest BCUT2D eigenvalue weighted by Crippen LogP contribution is 2.21. The Bertz CT molecular complexity index is 183. The zero-order valence-corrected chi connectivity index (χ0v) is 7.35. The van der Waals surface area contributed by atoms with Crippen LogP contribution in [0.1, 0.15) is 13.8 Å². The van der Waals surface area contributed by atoms with Crippen LogP contribution in [0.2, 0.25) is 0 Å². The quantitative estimate of drug-likeness (QED) is 0.457. The maximum absolute atomic E-state index is 12.3. The SMILES string of the molecule is C=C/C(=C(\N=C)C(F)F)C(C)C. The number of halogens is 2. The van der Waals surface area contributed by atoms with Crippen molar-refractivity contribution in [3.63, 3.8) is 0 Å². The molecule has 0 spiro atoms. The van der Waals surface area contributed by atoms with Crippen molar-refractivity contribution >= 4 is 6.72 Å². The fourth-order valence-corrected chi connectivity index (χ4v) is 0.922. The van der Waals surface area contributed by atoms with Crippen molar-refractivity contribution in [3.8, 4) is 0 Å². The van der Waals surface area contributed by atoms with E-state index in [2.05, 4.69) is 18.3 Å². The van der Waals surface area contributed by atoms with E-state index in [1.807, 2.05) is 13.8 Å². The van der Waals surface area contributed by atoms with Gasteiger partial charge in [-0.25, -0.2) is 8.78 Å². The van der Waals surface area contributed by atoms with Crippen LogP contribution >= 0.6 is 0 Å². The highest BCUT2D eigenvalue weighted by Gasteiger charge is 2.15. The predicted molar refractivity (Wildman–Crippen MR) is 47.6 cm³/mol. The van der Waals surface area contributed by atoms with Crippen molar-refractivity contribution in [2.45, 2.75) is 20.3 Å². The summed E-state index contributed by atoms with van der Waals surface area (Å²) in [5, 5.41) is 0. The van der Waals surface area contributed by atoms with Gasteiger partial charge in [0.05, 0.1) is 0 Å². The lowest BCUT2D eigenvalue weighted by molar-refractivity contribution is 0.186. The summed E-state index contributed by atoms with van der Waals surface area (Å²) < 4.78 is 24.5. The zero-order chi connectivity index (χ0) is 9.72. The monoisotopic (exact) mass is 173 g/mol. The molecule has 68 valence electrons. The highest BCUT2D eigenvalue weighted by molar-refractivity contribution is 5.35. The molecule has 0 heterocycles. The van der Waals surface area contributed by atoms with Gasteiger partial charge in [-0.2, -0.15) is 0 Å². The van der Waals surface area contributed by atoms with Crippen LogP contribution in [0.25, 0.3) is 0 Å². The van der Waals surface area contributed by atoms with Gasteiger partial charge in [-0.05, 0) is 18.2 Å². The molecule has 0 aliphatic rings. The average Bonchev–Trinajstić information content (AvgIpc) is 1.98. The second-order valence-corrected chi connectivity index (χ2v) is 2.66. The Morgan fingerprint density at radius 1 is 1.42 bits per heavy atom. The van der Waals surface area contributed by atoms with E-state index in [0.717, 1.165) is 0 Å². The fourth-order valence-electron chi connectivity index (χ4n) is 0.922. The molecule has 0 atom stereocenters. The summed E-state index contributed by atoms with van der Waals surface area (Å²) in [6, 6.07) is 0. The number of hydrogen-bond acceptors (Lipinski definition) is 1. The lowest BCUT2D eigenvalue weighted by atomic mass is 10.0. The molecule has 0 bridgehead atoms. The largest absolute Gasteiger partial charge is 0.280 e. The molecule has 0 aromatic carbocycles. The first-order valence-corrected chi connectivity index (χ1v) is 3.66. The van der Waals surface area contributed by atoms with Gasteiger partial charge in [-0.1, -0.05) is 26.5 Å². The second kappa shape index (κ2) is 4.80. The van der Waals surface area contributed by atoms with Crippen molar-refractivity contribution in [3.05, 3.63) is 23.9 Å². The van der Waals surface area contributed by atoms with Crippen LogP contribution in [-0.4, -0.2) is 13.1 Å². The molecule has 0 rings (SSSR count). The van der Waals surface area contributed by atoms with E-state index >= 15 is 0 Å². The molecule has 0 fully saturated rings. The van der Waals surface area contributed by atoms with Crippen LogP contribution in [0.15, 0.2) is 28.9 Å². The van der Waals surface area contributed by atoms with Gasteiger partial charge in [-0.3, -0.25) is 4.99 Å². The van der Waals surface area contributed by atoms with Crippen LogP contribution < -0.4 is 0 Å². The third-order valence-electron chi connectivity index (χ3n) is 1.51. The minimum absolute atomic E-state index is 0.00278. The molecule has 0 radical (unpaired) electrons. The van der Waals surface area contributed by atoms with Crippen molar-refractivity contribution < 1.29 is 8.78 Å². The number of nitrogens with zero attached hydrogens (tertiary/aromatic N) is 1. The van der Waals surface area contributed by atoms with Gasteiger partial charge in [0.1, 0.15) is 5.70 Å². The van der Waals surface area contributed by atoms with E-state index in [-0.39, 0.29) is 11.6 Å². The third-order valence-corrected chi connectivity index (χ3v) is 1.51. The van der Waals surface area contributed by atoms with Crippen LogP contribution in [0.3, 0.4) is 0 Å². The van der Waals surface area contributed by atoms with Crippen LogP contribution in [0.4, 0.5) is 8.78 Å². The van der Waals surface area contributed by atoms with E-state index in [4.69, 9.17) is 0 Å².